The molecule has 0 aromatic heterocycles. The molecule has 0 radical (unpaired) electrons. The zero-order chi connectivity index (χ0) is 14.5. The zero-order valence-corrected chi connectivity index (χ0v) is 11.3. The van der Waals surface area contributed by atoms with Crippen LogP contribution in [-0.4, -0.2) is 17.5 Å². The number of piperidine rings is 1. The molecule has 1 fully saturated rings. The molecule has 0 N–H and O–H groups in total. The summed E-state index contributed by atoms with van der Waals surface area (Å²) in [5.41, 5.74) is 0.943. The van der Waals surface area contributed by atoms with Crippen molar-refractivity contribution in [3.63, 3.8) is 0 Å². The van der Waals surface area contributed by atoms with Gasteiger partial charge in [-0.25, -0.2) is 0 Å². The highest BCUT2D eigenvalue weighted by atomic mass is 16.6. The van der Waals surface area contributed by atoms with Gasteiger partial charge < -0.3 is 4.90 Å². The Morgan fingerprint density at radius 1 is 1.55 bits per heavy atom. The Bertz CT molecular complexity index is 563. The lowest BCUT2D eigenvalue weighted by atomic mass is 9.98. The second-order valence-corrected chi connectivity index (χ2v) is 4.94. The Hall–Kier alpha value is -2.35. The van der Waals surface area contributed by atoms with Crippen molar-refractivity contribution >= 4 is 11.4 Å². The molecule has 5 heteroatoms. The predicted molar refractivity (Wildman–Crippen MR) is 77.6 cm³/mol. The maximum atomic E-state index is 11.2. The number of nitro benzene ring substituents is 1. The Balaban J connectivity index is 2.41. The molecule has 2 rings (SSSR count). The summed E-state index contributed by atoms with van der Waals surface area (Å²) in [6.07, 6.45) is 5.86. The van der Waals surface area contributed by atoms with Gasteiger partial charge in [-0.05, 0) is 37.8 Å². The summed E-state index contributed by atoms with van der Waals surface area (Å²) in [5.74, 6) is 0. The summed E-state index contributed by atoms with van der Waals surface area (Å²) < 4.78 is 0. The van der Waals surface area contributed by atoms with Crippen molar-refractivity contribution in [2.24, 2.45) is 0 Å². The average Bonchev–Trinajstić information content (AvgIpc) is 2.47. The smallest absolute Gasteiger partial charge is 0.293 e. The Morgan fingerprint density at radius 3 is 3.00 bits per heavy atom. The molecule has 5 nitrogen and oxygen atoms in total. The number of nitrogens with zero attached hydrogens (tertiary/aromatic N) is 3. The van der Waals surface area contributed by atoms with Gasteiger partial charge in [-0.15, -0.1) is 6.58 Å². The summed E-state index contributed by atoms with van der Waals surface area (Å²) in [6, 6.07) is 6.90. The standard InChI is InChI=1S/C15H17N3O2/c1-2-5-13-6-3-4-9-17(13)14-8-7-12(11-16)10-15(14)18(19)20/h2,7-8,10,13H,1,3-6,9H2. The molecule has 1 aromatic carbocycles. The topological polar surface area (TPSA) is 70.2 Å². The monoisotopic (exact) mass is 271 g/mol. The van der Waals surface area contributed by atoms with E-state index >= 15 is 0 Å². The molecular formula is C15H17N3O2. The zero-order valence-electron chi connectivity index (χ0n) is 11.3. The van der Waals surface area contributed by atoms with Crippen molar-refractivity contribution in [3.8, 4) is 6.07 Å². The SMILES string of the molecule is C=CCC1CCCCN1c1ccc(C#N)cc1[N+](=O)[O-]. The van der Waals surface area contributed by atoms with E-state index in [9.17, 15) is 10.1 Å². The maximum absolute atomic E-state index is 11.2. The van der Waals surface area contributed by atoms with Crippen LogP contribution in [0.2, 0.25) is 0 Å². The van der Waals surface area contributed by atoms with Crippen molar-refractivity contribution in [3.05, 3.63) is 46.5 Å². The molecule has 20 heavy (non-hydrogen) atoms. The minimum absolute atomic E-state index is 0.0139. The van der Waals surface area contributed by atoms with Crippen LogP contribution in [0.25, 0.3) is 0 Å². The van der Waals surface area contributed by atoms with Crippen LogP contribution < -0.4 is 4.90 Å². The summed E-state index contributed by atoms with van der Waals surface area (Å²) in [5, 5.41) is 20.1. The van der Waals surface area contributed by atoms with E-state index in [-0.39, 0.29) is 11.7 Å². The normalized spacial score (nSPS) is 18.4. The van der Waals surface area contributed by atoms with Gasteiger partial charge in [-0.2, -0.15) is 5.26 Å². The van der Waals surface area contributed by atoms with Crippen LogP contribution in [0.5, 0.6) is 0 Å². The number of hydrogen-bond donors (Lipinski definition) is 0. The van der Waals surface area contributed by atoms with Gasteiger partial charge in [0.25, 0.3) is 5.69 Å². The molecule has 0 amide bonds. The van der Waals surface area contributed by atoms with E-state index in [1.54, 1.807) is 12.1 Å². The summed E-state index contributed by atoms with van der Waals surface area (Å²) >= 11 is 0. The Morgan fingerprint density at radius 2 is 2.35 bits per heavy atom. The first-order chi connectivity index (χ1) is 9.67. The molecule has 1 aliphatic heterocycles. The van der Waals surface area contributed by atoms with E-state index in [1.807, 2.05) is 12.1 Å². The van der Waals surface area contributed by atoms with Crippen molar-refractivity contribution < 1.29 is 4.92 Å². The average molecular weight is 271 g/mol. The number of nitro groups is 1. The lowest BCUT2D eigenvalue weighted by molar-refractivity contribution is -0.384. The molecule has 0 spiro atoms. The number of hydrogen-bond acceptors (Lipinski definition) is 4. The van der Waals surface area contributed by atoms with Crippen molar-refractivity contribution in [1.29, 1.82) is 5.26 Å². The van der Waals surface area contributed by atoms with Crippen LogP contribution in [0.15, 0.2) is 30.9 Å². The molecule has 104 valence electrons. The first-order valence-electron chi connectivity index (χ1n) is 6.73. The summed E-state index contributed by atoms with van der Waals surface area (Å²) in [7, 11) is 0. The molecule has 0 saturated carbocycles. The fourth-order valence-electron chi connectivity index (χ4n) is 2.74. The van der Waals surface area contributed by atoms with E-state index in [0.717, 1.165) is 32.2 Å². The maximum Gasteiger partial charge on any atom is 0.293 e. The minimum Gasteiger partial charge on any atom is -0.363 e. The highest BCUT2D eigenvalue weighted by molar-refractivity contribution is 5.66. The first kappa shape index (κ1) is 14.1. The summed E-state index contributed by atoms with van der Waals surface area (Å²) in [4.78, 5) is 12.9. The van der Waals surface area contributed by atoms with Crippen LogP contribution in [0.4, 0.5) is 11.4 Å². The van der Waals surface area contributed by atoms with Crippen LogP contribution in [-0.2, 0) is 0 Å². The number of nitriles is 1. The number of rotatable bonds is 4. The van der Waals surface area contributed by atoms with E-state index in [0.29, 0.717) is 11.3 Å². The van der Waals surface area contributed by atoms with Gasteiger partial charge in [0.2, 0.25) is 0 Å². The van der Waals surface area contributed by atoms with Gasteiger partial charge in [-0.3, -0.25) is 10.1 Å². The van der Waals surface area contributed by atoms with Crippen molar-refractivity contribution in [2.45, 2.75) is 31.7 Å². The molecule has 1 saturated heterocycles. The van der Waals surface area contributed by atoms with Crippen molar-refractivity contribution in [1.82, 2.24) is 0 Å². The number of benzene rings is 1. The molecule has 1 unspecified atom stereocenters. The third-order valence-electron chi connectivity index (χ3n) is 3.68. The second-order valence-electron chi connectivity index (χ2n) is 4.94. The van der Waals surface area contributed by atoms with Gasteiger partial charge in [0.05, 0.1) is 16.6 Å². The fraction of sp³-hybridized carbons (Fsp3) is 0.400. The molecule has 1 atom stereocenters. The van der Waals surface area contributed by atoms with Gasteiger partial charge in [0.1, 0.15) is 5.69 Å². The van der Waals surface area contributed by atoms with Crippen LogP contribution >= 0.6 is 0 Å². The molecule has 0 bridgehead atoms. The third-order valence-corrected chi connectivity index (χ3v) is 3.68. The third kappa shape index (κ3) is 2.80. The largest absolute Gasteiger partial charge is 0.363 e. The van der Waals surface area contributed by atoms with Gasteiger partial charge >= 0.3 is 0 Å². The molecule has 1 heterocycles. The quantitative estimate of drug-likeness (QED) is 0.478. The van der Waals surface area contributed by atoms with Gasteiger partial charge in [0, 0.05) is 18.7 Å². The molecular weight excluding hydrogens is 254 g/mol. The lowest BCUT2D eigenvalue weighted by Gasteiger charge is -2.36. The van der Waals surface area contributed by atoms with Crippen LogP contribution in [0, 0.1) is 21.4 Å². The molecule has 1 aliphatic rings. The number of anilines is 1. The van der Waals surface area contributed by atoms with Crippen molar-refractivity contribution in [2.75, 3.05) is 11.4 Å². The van der Waals surface area contributed by atoms with E-state index < -0.39 is 4.92 Å². The molecule has 0 aliphatic carbocycles. The fourth-order valence-corrected chi connectivity index (χ4v) is 2.74. The highest BCUT2D eigenvalue weighted by Gasteiger charge is 2.27. The second kappa shape index (κ2) is 6.20. The van der Waals surface area contributed by atoms with E-state index in [2.05, 4.69) is 11.5 Å². The Labute approximate surface area is 118 Å². The Kier molecular flexibility index (Phi) is 4.36. The minimum atomic E-state index is -0.407. The highest BCUT2D eigenvalue weighted by Crippen LogP contribution is 2.34. The molecule has 1 aromatic rings. The lowest BCUT2D eigenvalue weighted by Crippen LogP contribution is -2.39. The van der Waals surface area contributed by atoms with Gasteiger partial charge in [-0.1, -0.05) is 6.08 Å². The van der Waals surface area contributed by atoms with E-state index in [1.165, 1.54) is 6.07 Å². The predicted octanol–water partition coefficient (Wildman–Crippen LogP) is 3.40. The van der Waals surface area contributed by atoms with Gasteiger partial charge in [0.15, 0.2) is 0 Å². The van der Waals surface area contributed by atoms with E-state index in [4.69, 9.17) is 5.26 Å². The van der Waals surface area contributed by atoms with Crippen LogP contribution in [0.3, 0.4) is 0 Å². The first-order valence-corrected chi connectivity index (χ1v) is 6.73. The van der Waals surface area contributed by atoms with Crippen LogP contribution in [0.1, 0.15) is 31.2 Å². The summed E-state index contributed by atoms with van der Waals surface area (Å²) in [6.45, 7) is 4.57.